The molecule has 1 aromatic rings. The van der Waals surface area contributed by atoms with Crippen LogP contribution in [0.15, 0.2) is 48.6 Å². The second-order valence-electron chi connectivity index (χ2n) is 7.14. The minimum Gasteiger partial charge on any atom is -0.491 e. The number of aliphatic hydroxyl groups is 2. The van der Waals surface area contributed by atoms with Crippen molar-refractivity contribution in [1.82, 2.24) is 0 Å². The summed E-state index contributed by atoms with van der Waals surface area (Å²) >= 11 is 0. The van der Waals surface area contributed by atoms with Gasteiger partial charge >= 0.3 is 5.97 Å². The van der Waals surface area contributed by atoms with E-state index in [9.17, 15) is 24.2 Å². The maximum Gasteiger partial charge on any atom is 0.303 e. The molecule has 0 aromatic heterocycles. The highest BCUT2D eigenvalue weighted by molar-refractivity contribution is 5.86. The predicted octanol–water partition coefficient (Wildman–Crippen LogP) is 2.89. The summed E-state index contributed by atoms with van der Waals surface area (Å²) in [7, 11) is 0. The van der Waals surface area contributed by atoms with E-state index in [0.717, 1.165) is 0 Å². The summed E-state index contributed by atoms with van der Waals surface area (Å²) in [5, 5.41) is 28.8. The molecule has 1 fully saturated rings. The molecule has 158 valence electrons. The van der Waals surface area contributed by atoms with E-state index in [1.807, 2.05) is 12.2 Å². The number of hydrogen-bond acceptors (Lipinski definition) is 5. The number of ketones is 1. The molecule has 7 heteroatoms. The molecule has 0 amide bonds. The highest BCUT2D eigenvalue weighted by Gasteiger charge is 2.39. The Hall–Kier alpha value is -2.51. The Morgan fingerprint density at radius 3 is 2.69 bits per heavy atom. The minimum absolute atomic E-state index is 0.0419. The van der Waals surface area contributed by atoms with Crippen molar-refractivity contribution in [1.29, 1.82) is 0 Å². The number of carbonyl (C=O) groups is 2. The van der Waals surface area contributed by atoms with Crippen LogP contribution in [0.5, 0.6) is 5.75 Å². The zero-order valence-corrected chi connectivity index (χ0v) is 16.1. The zero-order valence-electron chi connectivity index (χ0n) is 16.1. The molecule has 0 spiro atoms. The van der Waals surface area contributed by atoms with E-state index in [4.69, 9.17) is 9.84 Å². The lowest BCUT2D eigenvalue weighted by molar-refractivity contribution is -0.137. The molecule has 2 rings (SSSR count). The van der Waals surface area contributed by atoms with Gasteiger partial charge in [-0.2, -0.15) is 0 Å². The summed E-state index contributed by atoms with van der Waals surface area (Å²) in [5.74, 6) is -1.63. The first kappa shape index (κ1) is 22.8. The summed E-state index contributed by atoms with van der Waals surface area (Å²) in [6, 6.07) is 5.44. The Balaban J connectivity index is 1.83. The lowest BCUT2D eigenvalue weighted by Crippen LogP contribution is -2.20. The van der Waals surface area contributed by atoms with Crippen molar-refractivity contribution in [2.75, 3.05) is 6.61 Å². The van der Waals surface area contributed by atoms with Crippen LogP contribution in [0.2, 0.25) is 0 Å². The maximum absolute atomic E-state index is 12.9. The van der Waals surface area contributed by atoms with E-state index in [1.54, 1.807) is 6.08 Å². The van der Waals surface area contributed by atoms with E-state index in [1.165, 1.54) is 30.3 Å². The molecule has 3 N–H and O–H groups in total. The maximum atomic E-state index is 12.9. The van der Waals surface area contributed by atoms with Crippen molar-refractivity contribution in [2.45, 2.75) is 44.3 Å². The van der Waals surface area contributed by atoms with Crippen LogP contribution in [0.3, 0.4) is 0 Å². The number of aliphatic carboxylic acids is 1. The van der Waals surface area contributed by atoms with Gasteiger partial charge in [-0.15, -0.1) is 0 Å². The number of carboxylic acid groups (broad SMARTS) is 1. The van der Waals surface area contributed by atoms with E-state index in [2.05, 4.69) is 0 Å². The van der Waals surface area contributed by atoms with Gasteiger partial charge < -0.3 is 20.1 Å². The predicted molar refractivity (Wildman–Crippen MR) is 105 cm³/mol. The molecule has 0 saturated heterocycles. The quantitative estimate of drug-likeness (QED) is 0.386. The first-order valence-corrected chi connectivity index (χ1v) is 9.69. The van der Waals surface area contributed by atoms with Crippen molar-refractivity contribution in [3.63, 3.8) is 0 Å². The van der Waals surface area contributed by atoms with Crippen molar-refractivity contribution in [3.8, 4) is 5.75 Å². The van der Waals surface area contributed by atoms with Gasteiger partial charge in [-0.25, -0.2) is 4.39 Å². The summed E-state index contributed by atoms with van der Waals surface area (Å²) < 4.78 is 18.2. The van der Waals surface area contributed by atoms with Gasteiger partial charge in [0.25, 0.3) is 0 Å². The Bertz CT molecular complexity index is 727. The number of ether oxygens (including phenoxy) is 1. The third-order valence-corrected chi connectivity index (χ3v) is 4.85. The SMILES string of the molecule is O=C(O)CCC/C=C\C[C@H]1[C@@H](O)CC(=O)[C@@H]1/C=C/[C@@H](O)COc1ccc(F)cc1. The topological polar surface area (TPSA) is 104 Å². The minimum atomic E-state index is -0.946. The van der Waals surface area contributed by atoms with Crippen LogP contribution >= 0.6 is 0 Å². The molecule has 1 aliphatic rings. The van der Waals surface area contributed by atoms with Crippen molar-refractivity contribution in [3.05, 3.63) is 54.4 Å². The highest BCUT2D eigenvalue weighted by atomic mass is 19.1. The van der Waals surface area contributed by atoms with Gasteiger partial charge in [-0.05, 0) is 43.5 Å². The molecule has 0 bridgehead atoms. The lowest BCUT2D eigenvalue weighted by Gasteiger charge is -2.17. The Labute approximate surface area is 169 Å². The molecule has 0 heterocycles. The van der Waals surface area contributed by atoms with Crippen LogP contribution in [0.1, 0.15) is 32.1 Å². The largest absolute Gasteiger partial charge is 0.491 e. The third kappa shape index (κ3) is 7.79. The number of carboxylic acids is 1. The van der Waals surface area contributed by atoms with Gasteiger partial charge in [0.2, 0.25) is 0 Å². The summed E-state index contributed by atoms with van der Waals surface area (Å²) in [6.45, 7) is -0.0419. The van der Waals surface area contributed by atoms with Gasteiger partial charge in [-0.1, -0.05) is 24.3 Å². The average molecular weight is 406 g/mol. The number of rotatable bonds is 11. The van der Waals surface area contributed by atoms with E-state index in [-0.39, 0.29) is 37.0 Å². The lowest BCUT2D eigenvalue weighted by atomic mass is 9.90. The molecule has 1 saturated carbocycles. The van der Waals surface area contributed by atoms with Crippen LogP contribution in [-0.4, -0.2) is 45.9 Å². The van der Waals surface area contributed by atoms with Crippen molar-refractivity contribution >= 4 is 11.8 Å². The molecular weight excluding hydrogens is 379 g/mol. The number of aliphatic hydroxyl groups excluding tert-OH is 2. The van der Waals surface area contributed by atoms with E-state index >= 15 is 0 Å². The van der Waals surface area contributed by atoms with Gasteiger partial charge in [0.1, 0.15) is 30.1 Å². The Morgan fingerprint density at radius 2 is 2.00 bits per heavy atom. The monoisotopic (exact) mass is 406 g/mol. The first-order valence-electron chi connectivity index (χ1n) is 9.69. The normalized spacial score (nSPS) is 23.1. The summed E-state index contributed by atoms with van der Waals surface area (Å²) in [6.07, 6.45) is 6.99. The third-order valence-electron chi connectivity index (χ3n) is 4.85. The molecular formula is C22H27FO6. The number of halogens is 1. The summed E-state index contributed by atoms with van der Waals surface area (Å²) in [4.78, 5) is 22.7. The molecule has 29 heavy (non-hydrogen) atoms. The summed E-state index contributed by atoms with van der Waals surface area (Å²) in [5.41, 5.74) is 0. The smallest absolute Gasteiger partial charge is 0.303 e. The number of carbonyl (C=O) groups excluding carboxylic acids is 1. The van der Waals surface area contributed by atoms with Gasteiger partial charge in [0, 0.05) is 24.7 Å². The fourth-order valence-electron chi connectivity index (χ4n) is 3.28. The number of allylic oxidation sites excluding steroid dienone is 3. The molecule has 0 radical (unpaired) electrons. The molecule has 1 aromatic carbocycles. The highest BCUT2D eigenvalue weighted by Crippen LogP contribution is 2.33. The Morgan fingerprint density at radius 1 is 1.28 bits per heavy atom. The number of Topliss-reactive ketones (excluding diaryl/α,β-unsaturated/α-hetero) is 1. The van der Waals surface area contributed by atoms with E-state index in [0.29, 0.717) is 25.0 Å². The standard InChI is InChI=1S/C22H27FO6/c23-15-7-10-17(11-8-15)29-14-16(24)9-12-19-18(20(25)13-21(19)26)5-3-1-2-4-6-22(27)28/h1,3,7-12,16,18-20,24-25H,2,4-6,13-14H2,(H,27,28)/b3-1-,12-9+/t16-,18-,19-,20+/m1/s1. The fourth-order valence-corrected chi connectivity index (χ4v) is 3.28. The van der Waals surface area contributed by atoms with Crippen LogP contribution in [-0.2, 0) is 9.59 Å². The fraction of sp³-hybridized carbons (Fsp3) is 0.455. The second kappa shape index (κ2) is 11.5. The molecule has 6 nitrogen and oxygen atoms in total. The van der Waals surface area contributed by atoms with Crippen molar-refractivity contribution < 1.29 is 34.0 Å². The number of unbranched alkanes of at least 4 members (excludes halogenated alkanes) is 1. The van der Waals surface area contributed by atoms with Crippen LogP contribution < -0.4 is 4.74 Å². The Kier molecular flexibility index (Phi) is 9.02. The van der Waals surface area contributed by atoms with Gasteiger partial charge in [0.15, 0.2) is 0 Å². The van der Waals surface area contributed by atoms with Crippen LogP contribution in [0, 0.1) is 17.7 Å². The zero-order chi connectivity index (χ0) is 21.2. The van der Waals surface area contributed by atoms with E-state index < -0.39 is 24.1 Å². The second-order valence-corrected chi connectivity index (χ2v) is 7.14. The van der Waals surface area contributed by atoms with Crippen LogP contribution in [0.4, 0.5) is 4.39 Å². The number of benzene rings is 1. The van der Waals surface area contributed by atoms with Crippen molar-refractivity contribution in [2.24, 2.45) is 11.8 Å². The average Bonchev–Trinajstić information content (AvgIpc) is 2.94. The number of hydrogen-bond donors (Lipinski definition) is 3. The first-order chi connectivity index (χ1) is 13.9. The molecule has 0 unspecified atom stereocenters. The van der Waals surface area contributed by atoms with Crippen LogP contribution in [0.25, 0.3) is 0 Å². The molecule has 4 atom stereocenters. The molecule has 1 aliphatic carbocycles. The molecule has 0 aliphatic heterocycles. The van der Waals surface area contributed by atoms with Gasteiger partial charge in [0.05, 0.1) is 6.10 Å². The van der Waals surface area contributed by atoms with Gasteiger partial charge in [-0.3, -0.25) is 9.59 Å².